The zero-order chi connectivity index (χ0) is 15.2. The molecule has 0 bridgehead atoms. The van der Waals surface area contributed by atoms with Crippen LogP contribution >= 0.6 is 0 Å². The molecule has 3 N–H and O–H groups in total. The van der Waals surface area contributed by atoms with Gasteiger partial charge in [0.25, 0.3) is 0 Å². The largest absolute Gasteiger partial charge is 0.395 e. The molecule has 4 nitrogen and oxygen atoms in total. The molecular formula is C16H32N2O2. The summed E-state index contributed by atoms with van der Waals surface area (Å²) in [6.45, 7) is 7.88. The second kappa shape index (κ2) is 7.99. The fourth-order valence-electron chi connectivity index (χ4n) is 2.97. The second-order valence-electron chi connectivity index (χ2n) is 7.07. The molecule has 20 heavy (non-hydrogen) atoms. The summed E-state index contributed by atoms with van der Waals surface area (Å²) < 4.78 is 0. The highest BCUT2D eigenvalue weighted by atomic mass is 16.3. The Morgan fingerprint density at radius 3 is 2.40 bits per heavy atom. The number of nitrogens with zero attached hydrogens (tertiary/aromatic N) is 1. The van der Waals surface area contributed by atoms with Gasteiger partial charge in [0.1, 0.15) is 0 Å². The summed E-state index contributed by atoms with van der Waals surface area (Å²) in [6, 6.07) is 0.372. The highest BCUT2D eigenvalue weighted by molar-refractivity contribution is 5.76. The van der Waals surface area contributed by atoms with Gasteiger partial charge < -0.3 is 15.7 Å². The van der Waals surface area contributed by atoms with Gasteiger partial charge in [0.15, 0.2) is 0 Å². The van der Waals surface area contributed by atoms with Crippen molar-refractivity contribution in [3.05, 3.63) is 0 Å². The van der Waals surface area contributed by atoms with Gasteiger partial charge in [-0.05, 0) is 50.0 Å². The van der Waals surface area contributed by atoms with Crippen LogP contribution in [-0.2, 0) is 4.79 Å². The number of aliphatic hydroxyl groups is 1. The molecule has 0 aromatic carbocycles. The third-order valence-corrected chi connectivity index (χ3v) is 4.62. The van der Waals surface area contributed by atoms with Crippen LogP contribution in [0.5, 0.6) is 0 Å². The van der Waals surface area contributed by atoms with Crippen LogP contribution in [0.15, 0.2) is 0 Å². The second-order valence-corrected chi connectivity index (χ2v) is 7.07. The number of carbonyl (C=O) groups is 1. The summed E-state index contributed by atoms with van der Waals surface area (Å²) in [5.74, 6) is 0.684. The smallest absolute Gasteiger partial charge is 0.222 e. The number of hydrogen-bond acceptors (Lipinski definition) is 3. The molecule has 4 heteroatoms. The summed E-state index contributed by atoms with van der Waals surface area (Å²) in [6.07, 6.45) is 5.85. The van der Waals surface area contributed by atoms with Crippen LogP contribution < -0.4 is 5.73 Å². The number of rotatable bonds is 8. The first kappa shape index (κ1) is 17.4. The summed E-state index contributed by atoms with van der Waals surface area (Å²) in [5, 5.41) is 9.13. The van der Waals surface area contributed by atoms with Crippen molar-refractivity contribution in [3.63, 3.8) is 0 Å². The van der Waals surface area contributed by atoms with E-state index in [1.807, 2.05) is 4.90 Å². The van der Waals surface area contributed by atoms with Crippen LogP contribution in [0, 0.1) is 11.3 Å². The Morgan fingerprint density at radius 1 is 1.35 bits per heavy atom. The number of aliphatic hydroxyl groups excluding tert-OH is 1. The molecule has 0 heterocycles. The predicted molar refractivity (Wildman–Crippen MR) is 82.3 cm³/mol. The lowest BCUT2D eigenvalue weighted by Crippen LogP contribution is -2.45. The molecule has 0 spiro atoms. The van der Waals surface area contributed by atoms with Crippen LogP contribution in [0.4, 0.5) is 0 Å². The van der Waals surface area contributed by atoms with Crippen molar-refractivity contribution < 1.29 is 9.90 Å². The third kappa shape index (κ3) is 5.06. The number of nitrogens with two attached hydrogens (primary N) is 1. The van der Waals surface area contributed by atoms with Gasteiger partial charge in [-0.3, -0.25) is 4.79 Å². The first-order valence-electron chi connectivity index (χ1n) is 8.00. The number of carbonyl (C=O) groups excluding carboxylic acids is 1. The van der Waals surface area contributed by atoms with Crippen LogP contribution in [0.1, 0.15) is 59.3 Å². The zero-order valence-corrected chi connectivity index (χ0v) is 13.4. The van der Waals surface area contributed by atoms with E-state index in [0.717, 1.165) is 25.7 Å². The minimum absolute atomic E-state index is 0.0632. The molecule has 0 aromatic rings. The molecule has 0 saturated heterocycles. The standard InChI is InChI=1S/C16H32N2O2/c1-16(2,3)13(9-10-17)7-8-15(20)18(11-12-19)14-5-4-6-14/h13-14,19H,4-12,17H2,1-3H3. The molecule has 1 aliphatic carbocycles. The summed E-state index contributed by atoms with van der Waals surface area (Å²) >= 11 is 0. The highest BCUT2D eigenvalue weighted by Crippen LogP contribution is 2.33. The van der Waals surface area contributed by atoms with Crippen molar-refractivity contribution in [3.8, 4) is 0 Å². The molecule has 1 fully saturated rings. The van der Waals surface area contributed by atoms with E-state index in [2.05, 4.69) is 20.8 Å². The monoisotopic (exact) mass is 284 g/mol. The maximum Gasteiger partial charge on any atom is 0.222 e. The van der Waals surface area contributed by atoms with Gasteiger partial charge in [-0.25, -0.2) is 0 Å². The third-order valence-electron chi connectivity index (χ3n) is 4.62. The van der Waals surface area contributed by atoms with E-state index in [-0.39, 0.29) is 17.9 Å². The Labute approximate surface area is 123 Å². The molecule has 1 rings (SSSR count). The van der Waals surface area contributed by atoms with Crippen LogP contribution in [-0.4, -0.2) is 41.7 Å². The van der Waals surface area contributed by atoms with Gasteiger partial charge in [0.2, 0.25) is 5.91 Å². The molecule has 1 unspecified atom stereocenters. The van der Waals surface area contributed by atoms with Crippen molar-refractivity contribution in [1.29, 1.82) is 0 Å². The van der Waals surface area contributed by atoms with Gasteiger partial charge in [0.05, 0.1) is 6.61 Å². The normalized spacial score (nSPS) is 17.6. The lowest BCUT2D eigenvalue weighted by molar-refractivity contribution is -0.136. The first-order chi connectivity index (χ1) is 9.40. The average molecular weight is 284 g/mol. The van der Waals surface area contributed by atoms with Gasteiger partial charge in [-0.15, -0.1) is 0 Å². The van der Waals surface area contributed by atoms with Gasteiger partial charge >= 0.3 is 0 Å². The Hall–Kier alpha value is -0.610. The Bertz CT molecular complexity index is 295. The maximum absolute atomic E-state index is 12.4. The van der Waals surface area contributed by atoms with E-state index in [1.165, 1.54) is 6.42 Å². The van der Waals surface area contributed by atoms with E-state index in [4.69, 9.17) is 10.8 Å². The summed E-state index contributed by atoms with van der Waals surface area (Å²) in [5.41, 5.74) is 5.88. The number of hydrogen-bond donors (Lipinski definition) is 2. The van der Waals surface area contributed by atoms with E-state index in [9.17, 15) is 4.79 Å². The van der Waals surface area contributed by atoms with Gasteiger partial charge in [-0.1, -0.05) is 20.8 Å². The molecule has 118 valence electrons. The average Bonchev–Trinajstić information content (AvgIpc) is 2.29. The van der Waals surface area contributed by atoms with Crippen molar-refractivity contribution in [2.45, 2.75) is 65.3 Å². The lowest BCUT2D eigenvalue weighted by Gasteiger charge is -2.38. The van der Waals surface area contributed by atoms with E-state index in [1.54, 1.807) is 0 Å². The quantitative estimate of drug-likeness (QED) is 0.717. The van der Waals surface area contributed by atoms with E-state index >= 15 is 0 Å². The Morgan fingerprint density at radius 2 is 2.00 bits per heavy atom. The zero-order valence-electron chi connectivity index (χ0n) is 13.4. The highest BCUT2D eigenvalue weighted by Gasteiger charge is 2.30. The Kier molecular flexibility index (Phi) is 6.96. The fourth-order valence-corrected chi connectivity index (χ4v) is 2.97. The maximum atomic E-state index is 12.4. The molecule has 1 aliphatic rings. The van der Waals surface area contributed by atoms with Crippen molar-refractivity contribution in [2.75, 3.05) is 19.7 Å². The van der Waals surface area contributed by atoms with Crippen molar-refractivity contribution >= 4 is 5.91 Å². The molecule has 0 radical (unpaired) electrons. The van der Waals surface area contributed by atoms with E-state index in [0.29, 0.717) is 31.5 Å². The minimum Gasteiger partial charge on any atom is -0.395 e. The molecule has 0 aliphatic heterocycles. The Balaban J connectivity index is 2.49. The van der Waals surface area contributed by atoms with E-state index < -0.39 is 0 Å². The molecule has 0 aromatic heterocycles. The summed E-state index contributed by atoms with van der Waals surface area (Å²) in [7, 11) is 0. The van der Waals surface area contributed by atoms with Crippen LogP contribution in [0.25, 0.3) is 0 Å². The SMILES string of the molecule is CC(C)(C)C(CCN)CCC(=O)N(CCO)C1CCC1. The molecule has 1 atom stereocenters. The summed E-state index contributed by atoms with van der Waals surface area (Å²) in [4.78, 5) is 14.3. The lowest BCUT2D eigenvalue weighted by atomic mass is 9.76. The van der Waals surface area contributed by atoms with Crippen molar-refractivity contribution in [1.82, 2.24) is 4.90 Å². The van der Waals surface area contributed by atoms with Crippen LogP contribution in [0.3, 0.4) is 0 Å². The molecular weight excluding hydrogens is 252 g/mol. The van der Waals surface area contributed by atoms with Gasteiger partial charge in [0, 0.05) is 19.0 Å². The topological polar surface area (TPSA) is 66.6 Å². The number of amides is 1. The van der Waals surface area contributed by atoms with Crippen molar-refractivity contribution in [2.24, 2.45) is 17.1 Å². The van der Waals surface area contributed by atoms with Gasteiger partial charge in [-0.2, -0.15) is 0 Å². The predicted octanol–water partition coefficient (Wildman–Crippen LogP) is 2.15. The minimum atomic E-state index is 0.0632. The first-order valence-corrected chi connectivity index (χ1v) is 8.00. The van der Waals surface area contributed by atoms with Crippen LogP contribution in [0.2, 0.25) is 0 Å². The molecule has 1 saturated carbocycles. The fraction of sp³-hybridized carbons (Fsp3) is 0.938. The molecule has 1 amide bonds.